The fraction of sp³-hybridized carbons (Fsp3) is 0.692. The molecule has 0 atom stereocenters. The minimum absolute atomic E-state index is 1.22. The quantitative estimate of drug-likeness (QED) is 0.230. The van der Waals surface area contributed by atoms with E-state index in [1.165, 1.54) is 115 Å². The van der Waals surface area contributed by atoms with Gasteiger partial charge in [0.15, 0.2) is 0 Å². The van der Waals surface area contributed by atoms with Gasteiger partial charge in [0.1, 0.15) is 0 Å². The third-order valence-corrected chi connectivity index (χ3v) is 5.28. The van der Waals surface area contributed by atoms with Crippen LogP contribution < -0.4 is 0 Å². The van der Waals surface area contributed by atoms with E-state index >= 15 is 0 Å². The lowest BCUT2D eigenvalue weighted by Gasteiger charge is -2.03. The largest absolute Gasteiger partial charge is 0.0839 e. The molecule has 0 nitrogen and oxygen atoms in total. The molecule has 0 aliphatic rings. The summed E-state index contributed by atoms with van der Waals surface area (Å²) in [5.74, 6) is 0. The average molecular weight is 356 g/mol. The lowest BCUT2D eigenvalue weighted by atomic mass is 10.0. The summed E-state index contributed by atoms with van der Waals surface area (Å²) in [6.45, 7) is 2.30. The Labute approximate surface area is 164 Å². The normalized spacial score (nSPS) is 11.4. The van der Waals surface area contributed by atoms with E-state index in [9.17, 15) is 0 Å². The van der Waals surface area contributed by atoms with Gasteiger partial charge < -0.3 is 0 Å². The van der Waals surface area contributed by atoms with Crippen molar-refractivity contribution in [3.63, 3.8) is 0 Å². The first-order valence-electron chi connectivity index (χ1n) is 11.6. The molecule has 0 fully saturated rings. The van der Waals surface area contributed by atoms with Gasteiger partial charge >= 0.3 is 0 Å². The molecule has 0 saturated carbocycles. The maximum absolute atomic E-state index is 3.06. The molecular formula is C26H43. The molecule has 0 heterocycles. The van der Waals surface area contributed by atoms with E-state index in [2.05, 4.69) is 37.3 Å². The molecule has 147 valence electrons. The number of hydrogen-bond donors (Lipinski definition) is 0. The molecule has 0 aliphatic carbocycles. The lowest BCUT2D eigenvalue weighted by molar-refractivity contribution is 0.530. The topological polar surface area (TPSA) is 0 Å². The zero-order chi connectivity index (χ0) is 18.5. The molecule has 26 heavy (non-hydrogen) atoms. The van der Waals surface area contributed by atoms with E-state index in [1.54, 1.807) is 0 Å². The zero-order valence-electron chi connectivity index (χ0n) is 17.5. The lowest BCUT2D eigenvalue weighted by Crippen LogP contribution is -1.83. The van der Waals surface area contributed by atoms with Gasteiger partial charge in [-0.25, -0.2) is 0 Å². The molecule has 1 aromatic rings. The molecule has 0 amide bonds. The molecule has 0 aliphatic heterocycles. The SMILES string of the molecule is CCCCCCCCCCCCCCCCCCC=Cc1cc[c]cc1. The van der Waals surface area contributed by atoms with Crippen LogP contribution >= 0.6 is 0 Å². The Morgan fingerprint density at radius 3 is 1.50 bits per heavy atom. The summed E-state index contributed by atoms with van der Waals surface area (Å²) >= 11 is 0. The van der Waals surface area contributed by atoms with Gasteiger partial charge in [-0.1, -0.05) is 140 Å². The maximum atomic E-state index is 3.06. The summed E-state index contributed by atoms with van der Waals surface area (Å²) in [6.07, 6.45) is 28.8. The van der Waals surface area contributed by atoms with Crippen molar-refractivity contribution in [3.8, 4) is 0 Å². The van der Waals surface area contributed by atoms with Crippen LogP contribution in [-0.2, 0) is 0 Å². The Morgan fingerprint density at radius 1 is 0.615 bits per heavy atom. The van der Waals surface area contributed by atoms with Crippen molar-refractivity contribution in [2.75, 3.05) is 0 Å². The zero-order valence-corrected chi connectivity index (χ0v) is 17.5. The highest BCUT2D eigenvalue weighted by Gasteiger charge is 1.94. The van der Waals surface area contributed by atoms with Crippen LogP contribution in [-0.4, -0.2) is 0 Å². The van der Waals surface area contributed by atoms with Crippen LogP contribution in [0.1, 0.15) is 122 Å². The van der Waals surface area contributed by atoms with Crippen LogP contribution in [0.4, 0.5) is 0 Å². The summed E-state index contributed by atoms with van der Waals surface area (Å²) in [7, 11) is 0. The second-order valence-corrected chi connectivity index (χ2v) is 7.83. The summed E-state index contributed by atoms with van der Waals surface area (Å²) in [5.41, 5.74) is 1.29. The van der Waals surface area contributed by atoms with E-state index in [0.29, 0.717) is 0 Å². The van der Waals surface area contributed by atoms with Gasteiger partial charge in [0.2, 0.25) is 0 Å². The Morgan fingerprint density at radius 2 is 1.04 bits per heavy atom. The predicted octanol–water partition coefficient (Wildman–Crippen LogP) is 9.15. The van der Waals surface area contributed by atoms with E-state index in [4.69, 9.17) is 0 Å². The van der Waals surface area contributed by atoms with E-state index in [1.807, 2.05) is 12.1 Å². The van der Waals surface area contributed by atoms with Crippen LogP contribution in [0, 0.1) is 6.07 Å². The van der Waals surface area contributed by atoms with Gasteiger partial charge in [-0.2, -0.15) is 0 Å². The molecule has 0 spiro atoms. The molecule has 1 aromatic carbocycles. The molecule has 0 unspecified atom stereocenters. The average Bonchev–Trinajstić information content (AvgIpc) is 2.68. The number of benzene rings is 1. The van der Waals surface area contributed by atoms with Gasteiger partial charge in [-0.05, 0) is 24.5 Å². The van der Waals surface area contributed by atoms with Crippen LogP contribution in [0.25, 0.3) is 6.08 Å². The van der Waals surface area contributed by atoms with Crippen LogP contribution in [0.3, 0.4) is 0 Å². The highest BCUT2D eigenvalue weighted by atomic mass is 14.0. The molecule has 1 radical (unpaired) electrons. The summed E-state index contributed by atoms with van der Waals surface area (Å²) < 4.78 is 0. The van der Waals surface area contributed by atoms with E-state index in [-0.39, 0.29) is 0 Å². The van der Waals surface area contributed by atoms with Crippen molar-refractivity contribution >= 4 is 6.08 Å². The Balaban J connectivity index is 1.73. The highest BCUT2D eigenvalue weighted by Crippen LogP contribution is 2.14. The van der Waals surface area contributed by atoms with Crippen LogP contribution in [0.5, 0.6) is 0 Å². The van der Waals surface area contributed by atoms with Gasteiger partial charge in [-0.3, -0.25) is 0 Å². The smallest absolute Gasteiger partial charge is 0.0184 e. The standard InChI is InChI=1S/C26H43/c1-2-3-4-5-6-7-8-9-10-11-12-13-14-15-16-17-18-20-23-26-24-21-19-22-25-26/h20-25H,2-18H2,1H3. The van der Waals surface area contributed by atoms with E-state index < -0.39 is 0 Å². The van der Waals surface area contributed by atoms with Crippen LogP contribution in [0.15, 0.2) is 30.3 Å². The van der Waals surface area contributed by atoms with Gasteiger partial charge in [-0.15, -0.1) is 0 Å². The number of hydrogen-bond acceptors (Lipinski definition) is 0. The first-order valence-corrected chi connectivity index (χ1v) is 11.6. The maximum Gasteiger partial charge on any atom is -0.0184 e. The molecule has 0 N–H and O–H groups in total. The summed E-state index contributed by atoms with van der Waals surface area (Å²) in [4.78, 5) is 0. The van der Waals surface area contributed by atoms with Crippen molar-refractivity contribution in [1.29, 1.82) is 0 Å². The second-order valence-electron chi connectivity index (χ2n) is 7.83. The van der Waals surface area contributed by atoms with Gasteiger partial charge in [0.05, 0.1) is 0 Å². The molecular weight excluding hydrogens is 312 g/mol. The fourth-order valence-corrected chi connectivity index (χ4v) is 3.54. The van der Waals surface area contributed by atoms with Crippen molar-refractivity contribution in [2.45, 2.75) is 116 Å². The minimum atomic E-state index is 1.22. The number of allylic oxidation sites excluding steroid dienone is 1. The molecule has 0 heteroatoms. The Bertz CT molecular complexity index is 403. The third kappa shape index (κ3) is 15.2. The fourth-order valence-electron chi connectivity index (χ4n) is 3.54. The van der Waals surface area contributed by atoms with Crippen molar-refractivity contribution < 1.29 is 0 Å². The van der Waals surface area contributed by atoms with Crippen molar-refractivity contribution in [2.24, 2.45) is 0 Å². The Kier molecular flexibility index (Phi) is 16.6. The molecule has 0 bridgehead atoms. The monoisotopic (exact) mass is 355 g/mol. The first-order chi connectivity index (χ1) is 12.9. The summed E-state index contributed by atoms with van der Waals surface area (Å²) in [6, 6.07) is 11.3. The van der Waals surface area contributed by atoms with Crippen molar-refractivity contribution in [3.05, 3.63) is 42.0 Å². The van der Waals surface area contributed by atoms with Crippen LogP contribution in [0.2, 0.25) is 0 Å². The number of unbranched alkanes of at least 4 members (excludes halogenated alkanes) is 16. The highest BCUT2D eigenvalue weighted by molar-refractivity contribution is 5.48. The number of rotatable bonds is 18. The Hall–Kier alpha value is -1.04. The third-order valence-electron chi connectivity index (χ3n) is 5.28. The van der Waals surface area contributed by atoms with Gasteiger partial charge in [0, 0.05) is 0 Å². The second kappa shape index (κ2) is 18.7. The minimum Gasteiger partial charge on any atom is -0.0839 e. The van der Waals surface area contributed by atoms with E-state index in [0.717, 1.165) is 0 Å². The van der Waals surface area contributed by atoms with Gasteiger partial charge in [0.25, 0.3) is 0 Å². The molecule has 0 saturated heterocycles. The van der Waals surface area contributed by atoms with Crippen molar-refractivity contribution in [1.82, 2.24) is 0 Å². The molecule has 0 aromatic heterocycles. The summed E-state index contributed by atoms with van der Waals surface area (Å²) in [5, 5.41) is 0. The molecule has 1 rings (SSSR count). The predicted molar refractivity (Wildman–Crippen MR) is 118 cm³/mol. The first kappa shape index (κ1) is 23.0.